The largest absolute Gasteiger partial charge is 0.492 e. The first-order chi connectivity index (χ1) is 13.5. The molecule has 1 atom stereocenters. The molecule has 0 aromatic heterocycles. The number of nitrogens with zero attached hydrogens (tertiary/aromatic N) is 1. The van der Waals surface area contributed by atoms with E-state index in [1.54, 1.807) is 18.2 Å². The molecule has 2 aromatic rings. The van der Waals surface area contributed by atoms with Crippen molar-refractivity contribution in [3.8, 4) is 5.75 Å². The van der Waals surface area contributed by atoms with Gasteiger partial charge in [-0.25, -0.2) is 4.39 Å². The average Bonchev–Trinajstić information content (AvgIpc) is 2.70. The van der Waals surface area contributed by atoms with E-state index in [4.69, 9.17) is 16.3 Å². The van der Waals surface area contributed by atoms with Crippen LogP contribution in [0, 0.1) is 18.7 Å². The third-order valence-corrected chi connectivity index (χ3v) is 5.42. The molecule has 1 fully saturated rings. The van der Waals surface area contributed by atoms with Crippen LogP contribution in [0.1, 0.15) is 24.0 Å². The molecule has 1 saturated heterocycles. The maximum absolute atomic E-state index is 13.0. The van der Waals surface area contributed by atoms with E-state index in [0.29, 0.717) is 23.9 Å². The van der Waals surface area contributed by atoms with Gasteiger partial charge in [-0.05, 0) is 61.7 Å². The Morgan fingerprint density at radius 2 is 2.07 bits per heavy atom. The zero-order valence-corrected chi connectivity index (χ0v) is 16.8. The molecule has 150 valence electrons. The van der Waals surface area contributed by atoms with Gasteiger partial charge in [-0.15, -0.1) is 0 Å². The van der Waals surface area contributed by atoms with Gasteiger partial charge in [-0.1, -0.05) is 29.8 Å². The molecule has 0 aliphatic carbocycles. The first kappa shape index (κ1) is 20.6. The Bertz CT molecular complexity index is 798. The number of likely N-dealkylation sites (tertiary alicyclic amines) is 1. The van der Waals surface area contributed by atoms with Crippen molar-refractivity contribution in [2.24, 2.45) is 5.92 Å². The van der Waals surface area contributed by atoms with E-state index in [2.05, 4.69) is 10.2 Å². The highest BCUT2D eigenvalue weighted by Gasteiger charge is 2.25. The van der Waals surface area contributed by atoms with Crippen molar-refractivity contribution in [3.05, 3.63) is 64.4 Å². The van der Waals surface area contributed by atoms with Gasteiger partial charge >= 0.3 is 0 Å². The Morgan fingerprint density at radius 3 is 2.82 bits per heavy atom. The summed E-state index contributed by atoms with van der Waals surface area (Å²) in [5, 5.41) is 3.64. The highest BCUT2D eigenvalue weighted by Crippen LogP contribution is 2.22. The fraction of sp³-hybridized carbons (Fsp3) is 0.409. The normalized spacial score (nSPS) is 17.3. The maximum atomic E-state index is 13.0. The van der Waals surface area contributed by atoms with Crippen LogP contribution in [0.15, 0.2) is 42.5 Å². The van der Waals surface area contributed by atoms with E-state index >= 15 is 0 Å². The molecule has 4 nitrogen and oxygen atoms in total. The van der Waals surface area contributed by atoms with Gasteiger partial charge in [0.1, 0.15) is 18.2 Å². The number of benzene rings is 2. The van der Waals surface area contributed by atoms with Crippen LogP contribution in [-0.2, 0) is 11.3 Å². The predicted molar refractivity (Wildman–Crippen MR) is 109 cm³/mol. The molecule has 28 heavy (non-hydrogen) atoms. The number of carbonyl (C=O) groups is 1. The Labute approximate surface area is 170 Å². The summed E-state index contributed by atoms with van der Waals surface area (Å²) in [4.78, 5) is 14.7. The fourth-order valence-corrected chi connectivity index (χ4v) is 3.58. The van der Waals surface area contributed by atoms with Crippen LogP contribution < -0.4 is 10.1 Å². The lowest BCUT2D eigenvalue weighted by atomic mass is 9.96. The van der Waals surface area contributed by atoms with Gasteiger partial charge < -0.3 is 10.1 Å². The van der Waals surface area contributed by atoms with Crippen LogP contribution in [0.3, 0.4) is 0 Å². The number of ether oxygens (including phenoxy) is 1. The number of carbonyl (C=O) groups excluding carboxylic acids is 1. The zero-order valence-electron chi connectivity index (χ0n) is 16.1. The first-order valence-electron chi connectivity index (χ1n) is 9.65. The third-order valence-electron chi connectivity index (χ3n) is 5.01. The van der Waals surface area contributed by atoms with Gasteiger partial charge in [0, 0.05) is 18.1 Å². The Hall–Kier alpha value is -2.11. The highest BCUT2D eigenvalue weighted by atomic mass is 35.5. The summed E-state index contributed by atoms with van der Waals surface area (Å²) in [7, 11) is 0. The Morgan fingerprint density at radius 1 is 1.29 bits per heavy atom. The summed E-state index contributed by atoms with van der Waals surface area (Å²) in [6.07, 6.45) is 1.87. The molecule has 1 amide bonds. The number of nitrogens with one attached hydrogen (secondary N) is 1. The smallest absolute Gasteiger partial charge is 0.224 e. The van der Waals surface area contributed by atoms with E-state index in [1.807, 2.05) is 19.1 Å². The van der Waals surface area contributed by atoms with Gasteiger partial charge in [-0.2, -0.15) is 0 Å². The third kappa shape index (κ3) is 5.94. The molecular formula is C22H26ClFN2O2. The lowest BCUT2D eigenvalue weighted by Gasteiger charge is -2.32. The molecule has 1 aliphatic rings. The minimum absolute atomic E-state index is 0.0250. The summed E-state index contributed by atoms with van der Waals surface area (Å²) in [5.74, 6) is 0.514. The summed E-state index contributed by atoms with van der Waals surface area (Å²) in [5.41, 5.74) is 2.07. The van der Waals surface area contributed by atoms with E-state index in [-0.39, 0.29) is 17.6 Å². The van der Waals surface area contributed by atoms with Crippen molar-refractivity contribution in [3.63, 3.8) is 0 Å². The zero-order chi connectivity index (χ0) is 19.9. The lowest BCUT2D eigenvalue weighted by Crippen LogP contribution is -2.43. The van der Waals surface area contributed by atoms with Crippen LogP contribution in [0.4, 0.5) is 4.39 Å². The Balaban J connectivity index is 1.41. The van der Waals surface area contributed by atoms with Crippen molar-refractivity contribution in [1.29, 1.82) is 0 Å². The molecular weight excluding hydrogens is 379 g/mol. The summed E-state index contributed by atoms with van der Waals surface area (Å²) in [6.45, 7) is 5.21. The van der Waals surface area contributed by atoms with E-state index < -0.39 is 0 Å². The van der Waals surface area contributed by atoms with Crippen molar-refractivity contribution in [2.45, 2.75) is 26.3 Å². The molecule has 0 saturated carbocycles. The van der Waals surface area contributed by atoms with Gasteiger partial charge in [0.25, 0.3) is 0 Å². The van der Waals surface area contributed by atoms with Gasteiger partial charge in [0.05, 0.1) is 12.5 Å². The standard InChI is InChI=1S/C22H26ClFN2O2/c1-16-4-9-20(13-21(16)23)28-12-10-25-22(27)18-3-2-11-26(15-18)14-17-5-7-19(24)8-6-17/h4-9,13,18H,2-3,10-12,14-15H2,1H3,(H,25,27)/t18-/m0/s1. The highest BCUT2D eigenvalue weighted by molar-refractivity contribution is 6.31. The molecule has 1 N–H and O–H groups in total. The monoisotopic (exact) mass is 404 g/mol. The molecule has 0 radical (unpaired) electrons. The van der Waals surface area contributed by atoms with Crippen molar-refractivity contribution >= 4 is 17.5 Å². The Kier molecular flexibility index (Phi) is 7.29. The van der Waals surface area contributed by atoms with Crippen molar-refractivity contribution in [1.82, 2.24) is 10.2 Å². The molecule has 0 bridgehead atoms. The van der Waals surface area contributed by atoms with Gasteiger partial charge in [-0.3, -0.25) is 9.69 Å². The van der Waals surface area contributed by atoms with Crippen LogP contribution in [0.5, 0.6) is 5.75 Å². The molecule has 3 rings (SSSR count). The summed E-state index contributed by atoms with van der Waals surface area (Å²) >= 11 is 6.09. The van der Waals surface area contributed by atoms with Crippen LogP contribution in [0.25, 0.3) is 0 Å². The quantitative estimate of drug-likeness (QED) is 0.703. The molecule has 6 heteroatoms. The van der Waals surface area contributed by atoms with Crippen LogP contribution >= 0.6 is 11.6 Å². The molecule has 0 spiro atoms. The minimum Gasteiger partial charge on any atom is -0.492 e. The van der Waals surface area contributed by atoms with Gasteiger partial charge in [0.2, 0.25) is 5.91 Å². The SMILES string of the molecule is Cc1ccc(OCCNC(=O)[C@H]2CCCN(Cc3ccc(F)cc3)C2)cc1Cl. The van der Waals surface area contributed by atoms with Gasteiger partial charge in [0.15, 0.2) is 0 Å². The number of halogens is 2. The van der Waals surface area contributed by atoms with Crippen LogP contribution in [0.2, 0.25) is 5.02 Å². The second-order valence-electron chi connectivity index (χ2n) is 7.25. The lowest BCUT2D eigenvalue weighted by molar-refractivity contribution is -0.126. The second kappa shape index (κ2) is 9.89. The topological polar surface area (TPSA) is 41.6 Å². The number of aryl methyl sites for hydroxylation is 1. The summed E-state index contributed by atoms with van der Waals surface area (Å²) in [6, 6.07) is 12.1. The molecule has 0 unspecified atom stereocenters. The second-order valence-corrected chi connectivity index (χ2v) is 7.66. The minimum atomic E-state index is -0.227. The number of hydrogen-bond acceptors (Lipinski definition) is 3. The van der Waals surface area contributed by atoms with Crippen molar-refractivity contribution in [2.75, 3.05) is 26.2 Å². The first-order valence-corrected chi connectivity index (χ1v) is 10.0. The molecule has 1 heterocycles. The number of amides is 1. The maximum Gasteiger partial charge on any atom is 0.224 e. The summed E-state index contributed by atoms with van der Waals surface area (Å²) < 4.78 is 18.7. The average molecular weight is 405 g/mol. The predicted octanol–water partition coefficient (Wildman–Crippen LogP) is 4.19. The van der Waals surface area contributed by atoms with E-state index in [1.165, 1.54) is 12.1 Å². The number of rotatable bonds is 7. The number of hydrogen-bond donors (Lipinski definition) is 1. The van der Waals surface area contributed by atoms with Crippen molar-refractivity contribution < 1.29 is 13.9 Å². The van der Waals surface area contributed by atoms with E-state index in [0.717, 1.165) is 43.6 Å². The molecule has 1 aliphatic heterocycles. The van der Waals surface area contributed by atoms with Crippen LogP contribution in [-0.4, -0.2) is 37.0 Å². The fourth-order valence-electron chi connectivity index (χ4n) is 3.41. The molecule has 2 aromatic carbocycles. The number of piperidine rings is 1. The van der Waals surface area contributed by atoms with E-state index in [9.17, 15) is 9.18 Å².